The molecule has 0 spiro atoms. The number of nitrogens with zero attached hydrogens (tertiary/aromatic N) is 3. The van der Waals surface area contributed by atoms with Gasteiger partial charge in [0.15, 0.2) is 0 Å². The molecule has 3 aromatic rings. The summed E-state index contributed by atoms with van der Waals surface area (Å²) >= 11 is 0. The van der Waals surface area contributed by atoms with Crippen LogP contribution in [0.15, 0.2) is 47.8 Å². The largest absolute Gasteiger partial charge is 0.392 e. The lowest BCUT2D eigenvalue weighted by atomic mass is 10.1. The first-order valence-electron chi connectivity index (χ1n) is 6.26. The Morgan fingerprint density at radius 2 is 2.00 bits per heavy atom. The monoisotopic (exact) mass is 267 g/mol. The van der Waals surface area contributed by atoms with Crippen LogP contribution >= 0.6 is 0 Å². The number of aromatic nitrogens is 2. The SMILES string of the molecule is Cc1ccc(-c2nc3c(CO)cccn3c2N=O)cc1. The third kappa shape index (κ3) is 1.88. The number of hydrogen-bond donors (Lipinski definition) is 1. The fourth-order valence-electron chi connectivity index (χ4n) is 2.23. The molecule has 0 fully saturated rings. The maximum Gasteiger partial charge on any atom is 0.209 e. The summed E-state index contributed by atoms with van der Waals surface area (Å²) in [5.41, 5.74) is 3.71. The molecule has 0 atom stereocenters. The van der Waals surface area contributed by atoms with Gasteiger partial charge in [0.25, 0.3) is 0 Å². The summed E-state index contributed by atoms with van der Waals surface area (Å²) in [4.78, 5) is 15.6. The van der Waals surface area contributed by atoms with Crippen molar-refractivity contribution >= 4 is 11.5 Å². The molecule has 1 aromatic carbocycles. The lowest BCUT2D eigenvalue weighted by Crippen LogP contribution is -1.90. The minimum Gasteiger partial charge on any atom is -0.392 e. The molecule has 0 saturated carbocycles. The highest BCUT2D eigenvalue weighted by Gasteiger charge is 2.16. The van der Waals surface area contributed by atoms with Crippen molar-refractivity contribution in [2.24, 2.45) is 5.18 Å². The average molecular weight is 267 g/mol. The van der Waals surface area contributed by atoms with Crippen molar-refractivity contribution in [3.8, 4) is 11.3 Å². The van der Waals surface area contributed by atoms with Crippen LogP contribution < -0.4 is 0 Å². The molecule has 2 heterocycles. The molecule has 5 nitrogen and oxygen atoms in total. The fraction of sp³-hybridized carbons (Fsp3) is 0.133. The number of benzene rings is 1. The van der Waals surface area contributed by atoms with Crippen LogP contribution in [0.2, 0.25) is 0 Å². The first kappa shape index (κ1) is 12.5. The molecule has 5 heteroatoms. The molecule has 0 aliphatic rings. The van der Waals surface area contributed by atoms with E-state index in [9.17, 15) is 10.0 Å². The Morgan fingerprint density at radius 1 is 1.25 bits per heavy atom. The molecule has 0 radical (unpaired) electrons. The lowest BCUT2D eigenvalue weighted by molar-refractivity contribution is 0.282. The van der Waals surface area contributed by atoms with Gasteiger partial charge in [0, 0.05) is 17.3 Å². The molecule has 0 bridgehead atoms. The van der Waals surface area contributed by atoms with Crippen molar-refractivity contribution in [2.45, 2.75) is 13.5 Å². The quantitative estimate of drug-likeness (QED) is 0.741. The molecule has 0 unspecified atom stereocenters. The molecule has 1 N–H and O–H groups in total. The number of nitroso groups, excluding NO2 is 1. The molecular weight excluding hydrogens is 254 g/mol. The van der Waals surface area contributed by atoms with Gasteiger partial charge in [0.1, 0.15) is 11.3 Å². The molecule has 3 rings (SSSR count). The van der Waals surface area contributed by atoms with Gasteiger partial charge in [-0.25, -0.2) is 4.98 Å². The Labute approximate surface area is 115 Å². The average Bonchev–Trinajstić information content (AvgIpc) is 2.86. The van der Waals surface area contributed by atoms with Gasteiger partial charge in [0.2, 0.25) is 5.82 Å². The normalized spacial score (nSPS) is 10.9. The molecule has 0 amide bonds. The van der Waals surface area contributed by atoms with Crippen LogP contribution in [0.1, 0.15) is 11.1 Å². The standard InChI is InChI=1S/C15H13N3O2/c1-10-4-6-11(7-5-10)13-15(17-20)18-8-2-3-12(9-19)14(18)16-13/h2-8,19H,9H2,1H3. The van der Waals surface area contributed by atoms with Crippen molar-refractivity contribution in [1.82, 2.24) is 9.38 Å². The zero-order valence-electron chi connectivity index (χ0n) is 10.9. The Balaban J connectivity index is 2.30. The van der Waals surface area contributed by atoms with E-state index in [1.165, 1.54) is 0 Å². The Kier molecular flexibility index (Phi) is 3.04. The predicted octanol–water partition coefficient (Wildman–Crippen LogP) is 3.20. The van der Waals surface area contributed by atoms with Gasteiger partial charge in [-0.15, -0.1) is 4.91 Å². The molecule has 20 heavy (non-hydrogen) atoms. The smallest absolute Gasteiger partial charge is 0.209 e. The number of pyridine rings is 1. The lowest BCUT2D eigenvalue weighted by Gasteiger charge is -1.99. The van der Waals surface area contributed by atoms with E-state index in [2.05, 4.69) is 10.2 Å². The predicted molar refractivity (Wildman–Crippen MR) is 76.7 cm³/mol. The third-order valence-corrected chi connectivity index (χ3v) is 3.29. The minimum absolute atomic E-state index is 0.132. The van der Waals surface area contributed by atoms with Gasteiger partial charge in [-0.3, -0.25) is 4.40 Å². The Bertz CT molecular complexity index is 776. The molecule has 0 saturated heterocycles. The second-order valence-corrected chi connectivity index (χ2v) is 4.63. The van der Waals surface area contributed by atoms with Gasteiger partial charge < -0.3 is 5.11 Å². The van der Waals surface area contributed by atoms with Crippen LogP contribution in [-0.4, -0.2) is 14.5 Å². The maximum absolute atomic E-state index is 11.2. The van der Waals surface area contributed by atoms with Crippen LogP contribution in [-0.2, 0) is 6.61 Å². The van der Waals surface area contributed by atoms with E-state index in [-0.39, 0.29) is 12.4 Å². The van der Waals surface area contributed by atoms with Crippen LogP contribution in [0.5, 0.6) is 0 Å². The zero-order chi connectivity index (χ0) is 14.1. The highest BCUT2D eigenvalue weighted by molar-refractivity contribution is 5.75. The van der Waals surface area contributed by atoms with Crippen LogP contribution in [0.25, 0.3) is 16.9 Å². The van der Waals surface area contributed by atoms with Gasteiger partial charge >= 0.3 is 0 Å². The summed E-state index contributed by atoms with van der Waals surface area (Å²) in [6.45, 7) is 1.86. The summed E-state index contributed by atoms with van der Waals surface area (Å²) in [5, 5.41) is 12.5. The van der Waals surface area contributed by atoms with Crippen LogP contribution in [0, 0.1) is 11.8 Å². The molecule has 0 aliphatic heterocycles. The van der Waals surface area contributed by atoms with Crippen molar-refractivity contribution in [2.75, 3.05) is 0 Å². The van der Waals surface area contributed by atoms with E-state index in [0.717, 1.165) is 11.1 Å². The van der Waals surface area contributed by atoms with Crippen molar-refractivity contribution in [3.63, 3.8) is 0 Å². The van der Waals surface area contributed by atoms with E-state index in [4.69, 9.17) is 0 Å². The van der Waals surface area contributed by atoms with Gasteiger partial charge in [-0.2, -0.15) is 0 Å². The van der Waals surface area contributed by atoms with E-state index >= 15 is 0 Å². The third-order valence-electron chi connectivity index (χ3n) is 3.29. The number of fused-ring (bicyclic) bond motifs is 1. The van der Waals surface area contributed by atoms with E-state index < -0.39 is 0 Å². The highest BCUT2D eigenvalue weighted by atomic mass is 16.3. The van der Waals surface area contributed by atoms with Gasteiger partial charge in [-0.1, -0.05) is 35.9 Å². The van der Waals surface area contributed by atoms with Crippen molar-refractivity contribution < 1.29 is 5.11 Å². The number of imidazole rings is 1. The van der Waals surface area contributed by atoms with Crippen LogP contribution in [0.4, 0.5) is 5.82 Å². The number of rotatable bonds is 3. The highest BCUT2D eigenvalue weighted by Crippen LogP contribution is 2.31. The molecule has 0 aliphatic carbocycles. The van der Waals surface area contributed by atoms with Crippen LogP contribution in [0.3, 0.4) is 0 Å². The second kappa shape index (κ2) is 4.86. The first-order valence-corrected chi connectivity index (χ1v) is 6.26. The first-order chi connectivity index (χ1) is 9.74. The van der Waals surface area contributed by atoms with E-state index in [0.29, 0.717) is 16.9 Å². The number of aryl methyl sites for hydroxylation is 1. The van der Waals surface area contributed by atoms with Gasteiger partial charge in [0.05, 0.1) is 6.61 Å². The van der Waals surface area contributed by atoms with E-state index in [1.54, 1.807) is 22.7 Å². The Hall–Kier alpha value is -2.53. The zero-order valence-corrected chi connectivity index (χ0v) is 10.9. The number of aliphatic hydroxyl groups excluding tert-OH is 1. The molecule has 100 valence electrons. The summed E-state index contributed by atoms with van der Waals surface area (Å²) in [6, 6.07) is 11.3. The number of aliphatic hydroxyl groups is 1. The summed E-state index contributed by atoms with van der Waals surface area (Å²) in [5.74, 6) is 0.249. The summed E-state index contributed by atoms with van der Waals surface area (Å²) < 4.78 is 1.60. The second-order valence-electron chi connectivity index (χ2n) is 4.63. The van der Waals surface area contributed by atoms with Crippen molar-refractivity contribution in [3.05, 3.63) is 58.6 Å². The topological polar surface area (TPSA) is 67.0 Å². The Morgan fingerprint density at radius 3 is 2.65 bits per heavy atom. The maximum atomic E-state index is 11.2. The summed E-state index contributed by atoms with van der Waals surface area (Å²) in [6.07, 6.45) is 1.72. The van der Waals surface area contributed by atoms with Crippen molar-refractivity contribution in [1.29, 1.82) is 0 Å². The minimum atomic E-state index is -0.132. The molecule has 2 aromatic heterocycles. The number of hydrogen-bond acceptors (Lipinski definition) is 4. The van der Waals surface area contributed by atoms with Gasteiger partial charge in [-0.05, 0) is 18.2 Å². The molecular formula is C15H13N3O2. The van der Waals surface area contributed by atoms with E-state index in [1.807, 2.05) is 31.2 Å². The summed E-state index contributed by atoms with van der Waals surface area (Å²) in [7, 11) is 0. The fourth-order valence-corrected chi connectivity index (χ4v) is 2.23.